The third kappa shape index (κ3) is 3.82. The van der Waals surface area contributed by atoms with Crippen LogP contribution in [0.3, 0.4) is 0 Å². The van der Waals surface area contributed by atoms with E-state index in [1.165, 1.54) is 6.07 Å². The van der Waals surface area contributed by atoms with Crippen molar-refractivity contribution in [2.45, 2.75) is 27.2 Å². The first-order valence-electron chi connectivity index (χ1n) is 8.12. The number of fused-ring (bicyclic) bond motifs is 1. The van der Waals surface area contributed by atoms with Gasteiger partial charge in [-0.2, -0.15) is 0 Å². The van der Waals surface area contributed by atoms with Gasteiger partial charge in [0.05, 0.1) is 6.54 Å². The van der Waals surface area contributed by atoms with E-state index >= 15 is 0 Å². The topological polar surface area (TPSA) is 79.6 Å². The molecule has 0 unspecified atom stereocenters. The SMILES string of the molecule is CCC(=O)CNC(=O)c1cc2ccc(N(CC)CC)cc2oc1=O. The van der Waals surface area contributed by atoms with Gasteiger partial charge in [-0.15, -0.1) is 0 Å². The Morgan fingerprint density at radius 3 is 2.46 bits per heavy atom. The molecule has 0 fully saturated rings. The molecule has 0 aliphatic heterocycles. The summed E-state index contributed by atoms with van der Waals surface area (Å²) >= 11 is 0. The molecule has 2 aromatic rings. The van der Waals surface area contributed by atoms with E-state index in [9.17, 15) is 14.4 Å². The second-order valence-corrected chi connectivity index (χ2v) is 5.42. The lowest BCUT2D eigenvalue weighted by molar-refractivity contribution is -0.117. The molecule has 1 N–H and O–H groups in total. The molecule has 1 aromatic carbocycles. The van der Waals surface area contributed by atoms with Crippen LogP contribution in [0.5, 0.6) is 0 Å². The maximum absolute atomic E-state index is 12.1. The number of Topliss-reactive ketones (excluding diaryl/α,β-unsaturated/α-hetero) is 1. The Morgan fingerprint density at radius 2 is 1.83 bits per heavy atom. The molecule has 1 amide bonds. The summed E-state index contributed by atoms with van der Waals surface area (Å²) in [6.07, 6.45) is 0.334. The maximum Gasteiger partial charge on any atom is 0.349 e. The zero-order chi connectivity index (χ0) is 17.7. The Labute approximate surface area is 140 Å². The summed E-state index contributed by atoms with van der Waals surface area (Å²) in [6, 6.07) is 7.04. The van der Waals surface area contributed by atoms with Crippen molar-refractivity contribution in [3.05, 3.63) is 40.2 Å². The minimum atomic E-state index is -0.708. The predicted octanol–water partition coefficient (Wildman–Crippen LogP) is 2.35. The van der Waals surface area contributed by atoms with Crippen LogP contribution in [0.2, 0.25) is 0 Å². The number of ketones is 1. The lowest BCUT2D eigenvalue weighted by Crippen LogP contribution is -2.32. The van der Waals surface area contributed by atoms with Crippen LogP contribution in [-0.4, -0.2) is 31.3 Å². The molecular formula is C18H22N2O4. The molecule has 0 saturated heterocycles. The zero-order valence-corrected chi connectivity index (χ0v) is 14.2. The quantitative estimate of drug-likeness (QED) is 0.788. The fraction of sp³-hybridized carbons (Fsp3) is 0.389. The number of hydrogen-bond acceptors (Lipinski definition) is 5. The molecule has 6 heteroatoms. The van der Waals surface area contributed by atoms with Crippen LogP contribution in [0.15, 0.2) is 33.5 Å². The third-order valence-electron chi connectivity index (χ3n) is 3.93. The van der Waals surface area contributed by atoms with Gasteiger partial charge < -0.3 is 14.6 Å². The van der Waals surface area contributed by atoms with Gasteiger partial charge in [0.25, 0.3) is 5.91 Å². The normalized spacial score (nSPS) is 10.6. The summed E-state index contributed by atoms with van der Waals surface area (Å²) < 4.78 is 5.30. The Bertz CT molecular complexity index is 806. The third-order valence-corrected chi connectivity index (χ3v) is 3.93. The molecule has 1 aromatic heterocycles. The van der Waals surface area contributed by atoms with E-state index in [-0.39, 0.29) is 17.9 Å². The van der Waals surface area contributed by atoms with Crippen LogP contribution in [0, 0.1) is 0 Å². The fourth-order valence-corrected chi connectivity index (χ4v) is 2.44. The molecule has 0 atom stereocenters. The number of nitrogens with one attached hydrogen (secondary N) is 1. The zero-order valence-electron chi connectivity index (χ0n) is 14.2. The molecule has 0 aliphatic carbocycles. The van der Waals surface area contributed by atoms with Gasteiger partial charge in [-0.1, -0.05) is 6.92 Å². The van der Waals surface area contributed by atoms with Crippen molar-refractivity contribution in [1.82, 2.24) is 5.32 Å². The van der Waals surface area contributed by atoms with Crippen molar-refractivity contribution in [2.24, 2.45) is 0 Å². The van der Waals surface area contributed by atoms with Crippen LogP contribution in [0.4, 0.5) is 5.69 Å². The van der Waals surface area contributed by atoms with E-state index < -0.39 is 11.5 Å². The van der Waals surface area contributed by atoms with Crippen molar-refractivity contribution in [2.75, 3.05) is 24.5 Å². The Balaban J connectivity index is 2.33. The van der Waals surface area contributed by atoms with Gasteiger partial charge in [0.15, 0.2) is 5.78 Å². The Kier molecular flexibility index (Phi) is 5.73. The summed E-state index contributed by atoms with van der Waals surface area (Å²) in [5, 5.41) is 3.11. The van der Waals surface area contributed by atoms with E-state index in [1.54, 1.807) is 13.0 Å². The largest absolute Gasteiger partial charge is 0.422 e. The number of nitrogens with zero attached hydrogens (tertiary/aromatic N) is 1. The van der Waals surface area contributed by atoms with Crippen LogP contribution in [-0.2, 0) is 4.79 Å². The average Bonchev–Trinajstić information content (AvgIpc) is 2.59. The van der Waals surface area contributed by atoms with Gasteiger partial charge in [0, 0.05) is 36.7 Å². The minimum Gasteiger partial charge on any atom is -0.422 e. The van der Waals surface area contributed by atoms with Gasteiger partial charge in [-0.3, -0.25) is 9.59 Å². The fourth-order valence-electron chi connectivity index (χ4n) is 2.44. The number of benzene rings is 1. The first kappa shape index (κ1) is 17.7. The highest BCUT2D eigenvalue weighted by molar-refractivity contribution is 5.98. The van der Waals surface area contributed by atoms with Crippen LogP contribution in [0.25, 0.3) is 11.0 Å². The number of carbonyl (C=O) groups excluding carboxylic acids is 2. The summed E-state index contributed by atoms with van der Waals surface area (Å²) in [4.78, 5) is 37.6. The summed E-state index contributed by atoms with van der Waals surface area (Å²) in [6.45, 7) is 7.42. The van der Waals surface area contributed by atoms with Gasteiger partial charge in [0.2, 0.25) is 0 Å². The number of carbonyl (C=O) groups is 2. The van der Waals surface area contributed by atoms with E-state index in [4.69, 9.17) is 4.42 Å². The van der Waals surface area contributed by atoms with Gasteiger partial charge in [0.1, 0.15) is 11.1 Å². The molecule has 1 heterocycles. The van der Waals surface area contributed by atoms with E-state index in [1.807, 2.05) is 12.1 Å². The minimum absolute atomic E-state index is 0.0896. The highest BCUT2D eigenvalue weighted by Crippen LogP contribution is 2.21. The predicted molar refractivity (Wildman–Crippen MR) is 93.7 cm³/mol. The monoisotopic (exact) mass is 330 g/mol. The molecule has 0 radical (unpaired) electrons. The number of anilines is 1. The van der Waals surface area contributed by atoms with Crippen molar-refractivity contribution in [1.29, 1.82) is 0 Å². The van der Waals surface area contributed by atoms with Crippen LogP contribution < -0.4 is 15.8 Å². The second kappa shape index (κ2) is 7.77. The molecule has 2 rings (SSSR count). The summed E-state index contributed by atoms with van der Waals surface area (Å²) in [7, 11) is 0. The van der Waals surface area contributed by atoms with Crippen LogP contribution in [0.1, 0.15) is 37.6 Å². The van der Waals surface area contributed by atoms with Gasteiger partial charge in [-0.05, 0) is 32.0 Å². The van der Waals surface area contributed by atoms with Crippen molar-refractivity contribution >= 4 is 28.3 Å². The second-order valence-electron chi connectivity index (χ2n) is 5.42. The molecule has 0 aliphatic rings. The van der Waals surface area contributed by atoms with Crippen molar-refractivity contribution in [3.8, 4) is 0 Å². The molecular weight excluding hydrogens is 308 g/mol. The molecule has 0 bridgehead atoms. The summed E-state index contributed by atoms with van der Waals surface area (Å²) in [5.74, 6) is -0.697. The molecule has 0 spiro atoms. The Morgan fingerprint density at radius 1 is 1.12 bits per heavy atom. The molecule has 128 valence electrons. The first-order valence-corrected chi connectivity index (χ1v) is 8.12. The highest BCUT2D eigenvalue weighted by Gasteiger charge is 2.15. The highest BCUT2D eigenvalue weighted by atomic mass is 16.4. The number of amides is 1. The number of rotatable bonds is 7. The molecule has 6 nitrogen and oxygen atoms in total. The molecule has 0 saturated carbocycles. The lowest BCUT2D eigenvalue weighted by atomic mass is 10.1. The lowest BCUT2D eigenvalue weighted by Gasteiger charge is -2.20. The standard InChI is InChI=1S/C18H22N2O4/c1-4-14(21)11-19-17(22)15-9-12-7-8-13(20(5-2)6-3)10-16(12)24-18(15)23/h7-10H,4-6,11H2,1-3H3,(H,19,22). The van der Waals surface area contributed by atoms with Crippen molar-refractivity contribution in [3.63, 3.8) is 0 Å². The maximum atomic E-state index is 12.1. The van der Waals surface area contributed by atoms with E-state index in [2.05, 4.69) is 24.1 Å². The van der Waals surface area contributed by atoms with E-state index in [0.717, 1.165) is 18.8 Å². The van der Waals surface area contributed by atoms with Crippen LogP contribution >= 0.6 is 0 Å². The van der Waals surface area contributed by atoms with Gasteiger partial charge >= 0.3 is 5.63 Å². The number of hydrogen-bond donors (Lipinski definition) is 1. The van der Waals surface area contributed by atoms with E-state index in [0.29, 0.717) is 17.4 Å². The molecule has 24 heavy (non-hydrogen) atoms. The smallest absolute Gasteiger partial charge is 0.349 e. The first-order chi connectivity index (χ1) is 11.5. The summed E-state index contributed by atoms with van der Waals surface area (Å²) in [5.41, 5.74) is 0.592. The Hall–Kier alpha value is -2.63. The van der Waals surface area contributed by atoms with Crippen molar-refractivity contribution < 1.29 is 14.0 Å². The average molecular weight is 330 g/mol. The van der Waals surface area contributed by atoms with Gasteiger partial charge in [-0.25, -0.2) is 4.79 Å².